The summed E-state index contributed by atoms with van der Waals surface area (Å²) in [7, 11) is 1.57. The number of para-hydroxylation sites is 1. The van der Waals surface area contributed by atoms with E-state index < -0.39 is 5.97 Å². The lowest BCUT2D eigenvalue weighted by molar-refractivity contribution is -0.128. The molecule has 0 saturated carbocycles. The van der Waals surface area contributed by atoms with Gasteiger partial charge in [0.1, 0.15) is 11.5 Å². The van der Waals surface area contributed by atoms with Crippen LogP contribution in [-0.2, 0) is 4.79 Å². The van der Waals surface area contributed by atoms with Crippen molar-refractivity contribution in [3.8, 4) is 11.5 Å². The number of rotatable bonds is 4. The van der Waals surface area contributed by atoms with Gasteiger partial charge < -0.3 is 9.47 Å². The van der Waals surface area contributed by atoms with Crippen LogP contribution in [-0.4, -0.2) is 13.1 Å². The first-order valence-corrected chi connectivity index (χ1v) is 6.83. The van der Waals surface area contributed by atoms with Crippen LogP contribution >= 0.6 is 23.2 Å². The molecule has 0 aliphatic rings. The van der Waals surface area contributed by atoms with Crippen LogP contribution in [0.1, 0.15) is 5.56 Å². The molecule has 0 unspecified atom stereocenters. The highest BCUT2D eigenvalue weighted by Crippen LogP contribution is 2.26. The molecule has 0 amide bonds. The summed E-state index contributed by atoms with van der Waals surface area (Å²) < 4.78 is 10.3. The lowest BCUT2D eigenvalue weighted by Gasteiger charge is -2.04. The number of methoxy groups -OCH3 is 1. The molecule has 0 spiro atoms. The number of esters is 1. The largest absolute Gasteiger partial charge is 0.496 e. The first-order chi connectivity index (χ1) is 10.1. The quantitative estimate of drug-likeness (QED) is 0.468. The van der Waals surface area contributed by atoms with Gasteiger partial charge in [-0.3, -0.25) is 0 Å². The van der Waals surface area contributed by atoms with E-state index in [-0.39, 0.29) is 0 Å². The van der Waals surface area contributed by atoms with Crippen LogP contribution in [0.5, 0.6) is 11.5 Å². The molecule has 0 fully saturated rings. The lowest BCUT2D eigenvalue weighted by Crippen LogP contribution is -2.03. The summed E-state index contributed by atoms with van der Waals surface area (Å²) in [6.45, 7) is 0. The van der Waals surface area contributed by atoms with Gasteiger partial charge in [-0.25, -0.2) is 4.79 Å². The molecule has 2 aromatic rings. The average molecular weight is 323 g/mol. The number of hydrogen-bond acceptors (Lipinski definition) is 3. The Kier molecular flexibility index (Phi) is 5.26. The molecule has 0 bridgehead atoms. The van der Waals surface area contributed by atoms with E-state index in [0.29, 0.717) is 21.5 Å². The summed E-state index contributed by atoms with van der Waals surface area (Å²) in [5, 5.41) is 0.733. The van der Waals surface area contributed by atoms with Crippen molar-refractivity contribution in [2.75, 3.05) is 7.11 Å². The summed E-state index contributed by atoms with van der Waals surface area (Å²) in [5.41, 5.74) is 0.783. The standard InChI is InChI=1S/C16H12Cl2O3/c1-20-15-5-3-2-4-11(15)6-9-16(19)21-12-7-8-13(17)14(18)10-12/h2-10H,1H3/b9-6+. The van der Waals surface area contributed by atoms with E-state index in [1.54, 1.807) is 25.3 Å². The van der Waals surface area contributed by atoms with Gasteiger partial charge in [0.15, 0.2) is 0 Å². The van der Waals surface area contributed by atoms with Crippen LogP contribution in [0.4, 0.5) is 0 Å². The zero-order chi connectivity index (χ0) is 15.2. The van der Waals surface area contributed by atoms with Gasteiger partial charge in [0.2, 0.25) is 0 Å². The molecule has 0 atom stereocenters. The van der Waals surface area contributed by atoms with Gasteiger partial charge in [0.25, 0.3) is 0 Å². The number of ether oxygens (including phenoxy) is 2. The maximum atomic E-state index is 11.8. The van der Waals surface area contributed by atoms with Crippen LogP contribution in [0.3, 0.4) is 0 Å². The summed E-state index contributed by atoms with van der Waals surface area (Å²) >= 11 is 11.6. The van der Waals surface area contributed by atoms with Crippen molar-refractivity contribution in [3.63, 3.8) is 0 Å². The van der Waals surface area contributed by atoms with Gasteiger partial charge in [-0.2, -0.15) is 0 Å². The van der Waals surface area contributed by atoms with Crippen LogP contribution in [0, 0.1) is 0 Å². The van der Waals surface area contributed by atoms with Crippen molar-refractivity contribution >= 4 is 35.2 Å². The molecule has 0 aliphatic heterocycles. The third-order valence-corrected chi connectivity index (χ3v) is 3.39. The second kappa shape index (κ2) is 7.16. The molecule has 0 aromatic heterocycles. The Morgan fingerprint density at radius 2 is 1.86 bits per heavy atom. The number of carbonyl (C=O) groups is 1. The van der Waals surface area contributed by atoms with E-state index in [1.807, 2.05) is 24.3 Å². The molecule has 0 saturated heterocycles. The molecule has 2 aromatic carbocycles. The Bertz CT molecular complexity index is 681. The van der Waals surface area contributed by atoms with Gasteiger partial charge in [-0.05, 0) is 24.3 Å². The third kappa shape index (κ3) is 4.25. The number of benzene rings is 2. The van der Waals surface area contributed by atoms with Crippen molar-refractivity contribution in [3.05, 3.63) is 64.1 Å². The predicted octanol–water partition coefficient (Wildman–Crippen LogP) is 4.62. The fraction of sp³-hybridized carbons (Fsp3) is 0.0625. The molecule has 0 N–H and O–H groups in total. The minimum Gasteiger partial charge on any atom is -0.496 e. The number of halogens is 2. The van der Waals surface area contributed by atoms with Crippen molar-refractivity contribution in [1.82, 2.24) is 0 Å². The van der Waals surface area contributed by atoms with Gasteiger partial charge >= 0.3 is 5.97 Å². The Morgan fingerprint density at radius 3 is 2.57 bits per heavy atom. The molecular weight excluding hydrogens is 311 g/mol. The zero-order valence-corrected chi connectivity index (χ0v) is 12.7. The fourth-order valence-corrected chi connectivity index (χ4v) is 1.94. The molecule has 0 aliphatic carbocycles. The van der Waals surface area contributed by atoms with Gasteiger partial charge in [0.05, 0.1) is 17.2 Å². The second-order valence-corrected chi connectivity index (χ2v) is 4.89. The Labute approximate surface area is 132 Å². The summed E-state index contributed by atoms with van der Waals surface area (Å²) in [6, 6.07) is 12.0. The topological polar surface area (TPSA) is 35.5 Å². The van der Waals surface area contributed by atoms with E-state index in [2.05, 4.69) is 0 Å². The van der Waals surface area contributed by atoms with Crippen molar-refractivity contribution in [2.24, 2.45) is 0 Å². The highest BCUT2D eigenvalue weighted by Gasteiger charge is 2.04. The van der Waals surface area contributed by atoms with E-state index in [1.165, 1.54) is 12.1 Å². The van der Waals surface area contributed by atoms with Gasteiger partial charge in [0, 0.05) is 17.7 Å². The lowest BCUT2D eigenvalue weighted by atomic mass is 10.2. The van der Waals surface area contributed by atoms with Crippen LogP contribution in [0.25, 0.3) is 6.08 Å². The Balaban J connectivity index is 2.07. The fourth-order valence-electron chi connectivity index (χ4n) is 1.65. The van der Waals surface area contributed by atoms with Crippen molar-refractivity contribution < 1.29 is 14.3 Å². The summed E-state index contributed by atoms with van der Waals surface area (Å²) in [5.74, 6) is 0.495. The van der Waals surface area contributed by atoms with Crippen LogP contribution < -0.4 is 9.47 Å². The normalized spacial score (nSPS) is 10.6. The molecule has 0 radical (unpaired) electrons. The summed E-state index contributed by atoms with van der Waals surface area (Å²) in [6.07, 6.45) is 2.94. The molecule has 3 nitrogen and oxygen atoms in total. The Morgan fingerprint density at radius 1 is 1.10 bits per heavy atom. The van der Waals surface area contributed by atoms with Crippen LogP contribution in [0.2, 0.25) is 10.0 Å². The first kappa shape index (κ1) is 15.4. The molecular formula is C16H12Cl2O3. The minimum absolute atomic E-state index is 0.329. The number of hydrogen-bond donors (Lipinski definition) is 0. The minimum atomic E-state index is -0.515. The highest BCUT2D eigenvalue weighted by molar-refractivity contribution is 6.42. The van der Waals surface area contributed by atoms with Crippen LogP contribution in [0.15, 0.2) is 48.5 Å². The van der Waals surface area contributed by atoms with E-state index in [0.717, 1.165) is 5.56 Å². The maximum Gasteiger partial charge on any atom is 0.336 e. The van der Waals surface area contributed by atoms with Crippen molar-refractivity contribution in [1.29, 1.82) is 0 Å². The SMILES string of the molecule is COc1ccccc1/C=C/C(=O)Oc1ccc(Cl)c(Cl)c1. The van der Waals surface area contributed by atoms with E-state index >= 15 is 0 Å². The monoisotopic (exact) mass is 322 g/mol. The third-order valence-electron chi connectivity index (χ3n) is 2.65. The maximum absolute atomic E-state index is 11.8. The molecule has 0 heterocycles. The van der Waals surface area contributed by atoms with Gasteiger partial charge in [-0.15, -0.1) is 0 Å². The second-order valence-electron chi connectivity index (χ2n) is 4.07. The summed E-state index contributed by atoms with van der Waals surface area (Å²) in [4.78, 5) is 11.8. The predicted molar refractivity (Wildman–Crippen MR) is 84.1 cm³/mol. The highest BCUT2D eigenvalue weighted by atomic mass is 35.5. The Hall–Kier alpha value is -1.97. The van der Waals surface area contributed by atoms with E-state index in [9.17, 15) is 4.79 Å². The smallest absolute Gasteiger partial charge is 0.336 e. The molecule has 21 heavy (non-hydrogen) atoms. The zero-order valence-electron chi connectivity index (χ0n) is 11.2. The number of carbonyl (C=O) groups excluding carboxylic acids is 1. The van der Waals surface area contributed by atoms with Gasteiger partial charge in [-0.1, -0.05) is 41.4 Å². The molecule has 5 heteroatoms. The average Bonchev–Trinajstić information content (AvgIpc) is 2.49. The molecule has 2 rings (SSSR count). The first-order valence-electron chi connectivity index (χ1n) is 6.08. The van der Waals surface area contributed by atoms with Crippen molar-refractivity contribution in [2.45, 2.75) is 0 Å². The molecule has 108 valence electrons. The van der Waals surface area contributed by atoms with E-state index in [4.69, 9.17) is 32.7 Å².